The Hall–Kier alpha value is -1.13. The Morgan fingerprint density at radius 2 is 2.33 bits per heavy atom. The SMILES string of the molecule is OCC[C@H]1C[C@@H]1c1cncc(OC[C@@H]2CC[NH2+]2)c1. The van der Waals surface area contributed by atoms with Gasteiger partial charge in [0.05, 0.1) is 19.2 Å². The normalized spacial score (nSPS) is 29.7. The lowest BCUT2D eigenvalue weighted by atomic mass is 10.1. The standard InChI is InChI=1S/C14H20N2O2/c17-4-2-10-6-14(10)11-5-13(8-15-7-11)18-9-12-1-3-16-12/h5,7-8,10,12,14,16-17H,1-4,6,9H2/p+1/t10-,12-,14-/m0/s1. The molecule has 4 heteroatoms. The summed E-state index contributed by atoms with van der Waals surface area (Å²) in [4.78, 5) is 4.26. The number of aliphatic hydroxyl groups is 1. The van der Waals surface area contributed by atoms with Crippen molar-refractivity contribution in [3.8, 4) is 5.75 Å². The van der Waals surface area contributed by atoms with E-state index in [4.69, 9.17) is 9.84 Å². The molecule has 3 N–H and O–H groups in total. The predicted molar refractivity (Wildman–Crippen MR) is 67.5 cm³/mol. The highest BCUT2D eigenvalue weighted by Crippen LogP contribution is 2.49. The second-order valence-electron chi connectivity index (χ2n) is 5.45. The number of pyridine rings is 1. The molecule has 3 atom stereocenters. The van der Waals surface area contributed by atoms with Crippen LogP contribution >= 0.6 is 0 Å². The van der Waals surface area contributed by atoms with E-state index in [1.54, 1.807) is 6.20 Å². The van der Waals surface area contributed by atoms with Gasteiger partial charge in [0.25, 0.3) is 0 Å². The van der Waals surface area contributed by atoms with Gasteiger partial charge in [-0.1, -0.05) is 0 Å². The van der Waals surface area contributed by atoms with Gasteiger partial charge in [0, 0.05) is 12.8 Å². The molecule has 1 saturated heterocycles. The molecule has 0 amide bonds. The summed E-state index contributed by atoms with van der Waals surface area (Å²) in [5.41, 5.74) is 1.27. The van der Waals surface area contributed by atoms with Crippen molar-refractivity contribution < 1.29 is 15.2 Å². The lowest BCUT2D eigenvalue weighted by molar-refractivity contribution is -0.743. The lowest BCUT2D eigenvalue weighted by Crippen LogP contribution is -2.99. The quantitative estimate of drug-likeness (QED) is 0.761. The van der Waals surface area contributed by atoms with Crippen LogP contribution in [0.3, 0.4) is 0 Å². The van der Waals surface area contributed by atoms with Crippen molar-refractivity contribution in [2.45, 2.75) is 31.2 Å². The first-order valence-corrected chi connectivity index (χ1v) is 6.88. The Labute approximate surface area is 107 Å². The van der Waals surface area contributed by atoms with E-state index in [2.05, 4.69) is 16.4 Å². The van der Waals surface area contributed by atoms with Gasteiger partial charge in [-0.3, -0.25) is 4.98 Å². The van der Waals surface area contributed by atoms with Crippen LogP contribution in [0.2, 0.25) is 0 Å². The van der Waals surface area contributed by atoms with E-state index in [0.717, 1.165) is 18.8 Å². The zero-order chi connectivity index (χ0) is 12.4. The van der Waals surface area contributed by atoms with Crippen LogP contribution in [-0.4, -0.2) is 35.9 Å². The molecule has 2 aliphatic rings. The minimum atomic E-state index is 0.294. The van der Waals surface area contributed by atoms with Crippen LogP contribution in [0.4, 0.5) is 0 Å². The van der Waals surface area contributed by atoms with Crippen LogP contribution in [0.1, 0.15) is 30.7 Å². The molecule has 98 valence electrons. The summed E-state index contributed by atoms with van der Waals surface area (Å²) in [7, 11) is 0. The summed E-state index contributed by atoms with van der Waals surface area (Å²) in [5, 5.41) is 11.2. The summed E-state index contributed by atoms with van der Waals surface area (Å²) in [6, 6.07) is 2.75. The zero-order valence-electron chi connectivity index (χ0n) is 10.6. The number of hydrogen-bond acceptors (Lipinski definition) is 3. The van der Waals surface area contributed by atoms with E-state index in [1.165, 1.54) is 24.9 Å². The average molecular weight is 249 g/mol. The van der Waals surface area contributed by atoms with Gasteiger partial charge in [-0.05, 0) is 36.3 Å². The lowest BCUT2D eigenvalue weighted by Gasteiger charge is -2.23. The third-order valence-electron chi connectivity index (χ3n) is 4.09. The number of nitrogens with two attached hydrogens (primary N) is 1. The van der Waals surface area contributed by atoms with Gasteiger partial charge in [-0.15, -0.1) is 0 Å². The molecular formula is C14H21N2O2+. The second-order valence-corrected chi connectivity index (χ2v) is 5.45. The minimum Gasteiger partial charge on any atom is -0.486 e. The largest absolute Gasteiger partial charge is 0.486 e. The maximum atomic E-state index is 8.93. The Bertz CT molecular complexity index is 407. The van der Waals surface area contributed by atoms with Gasteiger partial charge in [0.2, 0.25) is 0 Å². The third kappa shape index (κ3) is 2.65. The van der Waals surface area contributed by atoms with E-state index in [9.17, 15) is 0 Å². The molecule has 3 rings (SSSR count). The Morgan fingerprint density at radius 3 is 3.06 bits per heavy atom. The molecule has 18 heavy (non-hydrogen) atoms. The summed E-state index contributed by atoms with van der Waals surface area (Å²) >= 11 is 0. The zero-order valence-corrected chi connectivity index (χ0v) is 10.6. The highest BCUT2D eigenvalue weighted by molar-refractivity contribution is 5.30. The highest BCUT2D eigenvalue weighted by atomic mass is 16.5. The van der Waals surface area contributed by atoms with Crippen LogP contribution < -0.4 is 10.1 Å². The summed E-state index contributed by atoms with van der Waals surface area (Å²) in [5.74, 6) is 2.12. The van der Waals surface area contributed by atoms with E-state index in [1.807, 2.05) is 6.20 Å². The molecule has 0 radical (unpaired) electrons. The molecule has 1 aromatic heterocycles. The number of hydrogen-bond donors (Lipinski definition) is 2. The fourth-order valence-electron chi connectivity index (χ4n) is 2.62. The molecule has 4 nitrogen and oxygen atoms in total. The van der Waals surface area contributed by atoms with Crippen LogP contribution in [-0.2, 0) is 0 Å². The van der Waals surface area contributed by atoms with Crippen molar-refractivity contribution in [1.29, 1.82) is 0 Å². The highest BCUT2D eigenvalue weighted by Gasteiger charge is 2.37. The fraction of sp³-hybridized carbons (Fsp3) is 0.643. The van der Waals surface area contributed by atoms with Gasteiger partial charge >= 0.3 is 0 Å². The monoisotopic (exact) mass is 249 g/mol. The van der Waals surface area contributed by atoms with Crippen molar-refractivity contribution in [2.24, 2.45) is 5.92 Å². The topological polar surface area (TPSA) is 59.0 Å². The average Bonchev–Trinajstić information content (AvgIpc) is 3.07. The van der Waals surface area contributed by atoms with Gasteiger partial charge in [-0.25, -0.2) is 0 Å². The molecule has 0 aromatic carbocycles. The number of rotatable bonds is 6. The molecule has 1 aliphatic heterocycles. The van der Waals surface area contributed by atoms with Crippen LogP contribution in [0, 0.1) is 5.92 Å². The van der Waals surface area contributed by atoms with E-state index in [-0.39, 0.29) is 0 Å². The number of ether oxygens (including phenoxy) is 1. The smallest absolute Gasteiger partial charge is 0.140 e. The molecule has 1 saturated carbocycles. The molecule has 2 heterocycles. The Kier molecular flexibility index (Phi) is 3.48. The van der Waals surface area contributed by atoms with Crippen molar-refractivity contribution in [3.63, 3.8) is 0 Å². The van der Waals surface area contributed by atoms with Crippen LogP contribution in [0.5, 0.6) is 5.75 Å². The van der Waals surface area contributed by atoms with Gasteiger partial charge in [0.15, 0.2) is 0 Å². The summed E-state index contributed by atoms with van der Waals surface area (Å²) in [6.45, 7) is 2.31. The third-order valence-corrected chi connectivity index (χ3v) is 4.09. The number of nitrogens with zero attached hydrogens (tertiary/aromatic N) is 1. The number of aliphatic hydroxyl groups excluding tert-OH is 1. The Morgan fingerprint density at radius 1 is 1.44 bits per heavy atom. The van der Waals surface area contributed by atoms with Crippen molar-refractivity contribution >= 4 is 0 Å². The first kappa shape index (κ1) is 11.9. The molecule has 1 aliphatic carbocycles. The minimum absolute atomic E-state index is 0.294. The maximum Gasteiger partial charge on any atom is 0.140 e. The Balaban J connectivity index is 1.55. The molecular weight excluding hydrogens is 228 g/mol. The van der Waals surface area contributed by atoms with Crippen molar-refractivity contribution in [1.82, 2.24) is 4.98 Å². The predicted octanol–water partition coefficient (Wildman–Crippen LogP) is 0.282. The van der Waals surface area contributed by atoms with Crippen LogP contribution in [0.25, 0.3) is 0 Å². The summed E-state index contributed by atoms with van der Waals surface area (Å²) < 4.78 is 5.78. The van der Waals surface area contributed by atoms with Gasteiger partial charge in [0.1, 0.15) is 18.4 Å². The maximum absolute atomic E-state index is 8.93. The number of quaternary nitrogens is 1. The molecule has 0 unspecified atom stereocenters. The molecule has 0 spiro atoms. The molecule has 2 fully saturated rings. The first-order valence-electron chi connectivity index (χ1n) is 6.88. The summed E-state index contributed by atoms with van der Waals surface area (Å²) in [6.07, 6.45) is 7.08. The van der Waals surface area contributed by atoms with Crippen molar-refractivity contribution in [3.05, 3.63) is 24.0 Å². The van der Waals surface area contributed by atoms with Crippen LogP contribution in [0.15, 0.2) is 18.5 Å². The second kappa shape index (κ2) is 5.24. The van der Waals surface area contributed by atoms with E-state index < -0.39 is 0 Å². The van der Waals surface area contributed by atoms with E-state index in [0.29, 0.717) is 24.5 Å². The number of aromatic nitrogens is 1. The van der Waals surface area contributed by atoms with Gasteiger partial charge in [-0.2, -0.15) is 0 Å². The van der Waals surface area contributed by atoms with E-state index >= 15 is 0 Å². The molecule has 0 bridgehead atoms. The fourth-order valence-corrected chi connectivity index (χ4v) is 2.62. The van der Waals surface area contributed by atoms with Gasteiger partial charge < -0.3 is 15.2 Å². The van der Waals surface area contributed by atoms with Crippen molar-refractivity contribution in [2.75, 3.05) is 19.8 Å². The first-order chi connectivity index (χ1) is 8.86. The molecule has 1 aromatic rings.